The fourth-order valence-electron chi connectivity index (χ4n) is 1.72. The molecule has 0 fully saturated rings. The van der Waals surface area contributed by atoms with E-state index in [4.69, 9.17) is 0 Å². The molecule has 1 aromatic carbocycles. The van der Waals surface area contributed by atoms with Crippen LogP contribution < -0.4 is 0 Å². The van der Waals surface area contributed by atoms with E-state index in [9.17, 15) is 9.90 Å². The van der Waals surface area contributed by atoms with Crippen LogP contribution in [0.25, 0.3) is 0 Å². The minimum absolute atomic E-state index is 0.0155. The lowest BCUT2D eigenvalue weighted by Crippen LogP contribution is -2.27. The molecule has 0 saturated heterocycles. The quantitative estimate of drug-likeness (QED) is 0.747. The van der Waals surface area contributed by atoms with E-state index < -0.39 is 5.60 Å². The van der Waals surface area contributed by atoms with Crippen molar-refractivity contribution < 1.29 is 9.90 Å². The van der Waals surface area contributed by atoms with Crippen molar-refractivity contribution in [1.29, 1.82) is 0 Å². The highest BCUT2D eigenvalue weighted by molar-refractivity contribution is 5.96. The summed E-state index contributed by atoms with van der Waals surface area (Å²) in [6.07, 6.45) is 2.88. The van der Waals surface area contributed by atoms with Crippen LogP contribution in [0.15, 0.2) is 30.3 Å². The molecule has 0 aliphatic heterocycles. The number of ketones is 1. The predicted octanol–water partition coefficient (Wildman–Crippen LogP) is 3.20. The summed E-state index contributed by atoms with van der Waals surface area (Å²) in [5, 5.41) is 10.1. The van der Waals surface area contributed by atoms with Gasteiger partial charge < -0.3 is 5.11 Å². The van der Waals surface area contributed by atoms with Gasteiger partial charge in [-0.15, -0.1) is 0 Å². The zero-order valence-electron chi connectivity index (χ0n) is 10.1. The molecule has 0 saturated carbocycles. The predicted molar refractivity (Wildman–Crippen MR) is 65.5 cm³/mol. The Balaban J connectivity index is 2.57. The van der Waals surface area contributed by atoms with E-state index in [0.29, 0.717) is 12.0 Å². The molecule has 1 rings (SSSR count). The molecule has 0 aliphatic rings. The molecule has 1 aromatic rings. The molecule has 88 valence electrons. The van der Waals surface area contributed by atoms with Crippen LogP contribution in [-0.2, 0) is 0 Å². The first-order valence-corrected chi connectivity index (χ1v) is 5.86. The van der Waals surface area contributed by atoms with Crippen molar-refractivity contribution in [2.24, 2.45) is 0 Å². The highest BCUT2D eigenvalue weighted by atomic mass is 16.3. The van der Waals surface area contributed by atoms with Crippen LogP contribution in [0.3, 0.4) is 0 Å². The van der Waals surface area contributed by atoms with Crippen molar-refractivity contribution in [3.63, 3.8) is 0 Å². The number of rotatable bonds is 6. The fraction of sp³-hybridized carbons (Fsp3) is 0.500. The third-order valence-electron chi connectivity index (χ3n) is 2.71. The van der Waals surface area contributed by atoms with Gasteiger partial charge in [0, 0.05) is 12.0 Å². The van der Waals surface area contributed by atoms with Crippen LogP contribution in [0.1, 0.15) is 49.9 Å². The van der Waals surface area contributed by atoms with Gasteiger partial charge in [0.15, 0.2) is 5.78 Å². The van der Waals surface area contributed by atoms with Crippen LogP contribution in [-0.4, -0.2) is 16.5 Å². The Morgan fingerprint density at radius 1 is 1.31 bits per heavy atom. The summed E-state index contributed by atoms with van der Waals surface area (Å²) < 4.78 is 0. The molecule has 1 unspecified atom stereocenters. The summed E-state index contributed by atoms with van der Waals surface area (Å²) in [7, 11) is 0. The van der Waals surface area contributed by atoms with Gasteiger partial charge in [0.25, 0.3) is 0 Å². The van der Waals surface area contributed by atoms with Crippen molar-refractivity contribution >= 4 is 5.78 Å². The van der Waals surface area contributed by atoms with Crippen molar-refractivity contribution in [1.82, 2.24) is 0 Å². The van der Waals surface area contributed by atoms with Crippen molar-refractivity contribution in [2.45, 2.75) is 45.1 Å². The number of unbranched alkanes of at least 4 members (excludes halogenated alkanes) is 1. The summed E-state index contributed by atoms with van der Waals surface area (Å²) in [5.74, 6) is 0.0155. The maximum absolute atomic E-state index is 11.9. The van der Waals surface area contributed by atoms with E-state index >= 15 is 0 Å². The van der Waals surface area contributed by atoms with Gasteiger partial charge in [-0.2, -0.15) is 0 Å². The molecular weight excluding hydrogens is 200 g/mol. The number of hydrogen-bond donors (Lipinski definition) is 1. The minimum Gasteiger partial charge on any atom is -0.390 e. The van der Waals surface area contributed by atoms with Gasteiger partial charge in [0.2, 0.25) is 0 Å². The molecule has 0 aromatic heterocycles. The van der Waals surface area contributed by atoms with E-state index in [2.05, 4.69) is 6.92 Å². The van der Waals surface area contributed by atoms with E-state index in [-0.39, 0.29) is 12.2 Å². The first kappa shape index (κ1) is 12.9. The Hall–Kier alpha value is -1.15. The molecular formula is C14H20O2. The fourth-order valence-corrected chi connectivity index (χ4v) is 1.72. The molecule has 2 heteroatoms. The maximum atomic E-state index is 11.9. The van der Waals surface area contributed by atoms with Crippen molar-refractivity contribution in [3.05, 3.63) is 35.9 Å². The average Bonchev–Trinajstić information content (AvgIpc) is 2.27. The standard InChI is InChI=1S/C14H20O2/c1-3-4-10-14(2,16)11-13(15)12-8-6-5-7-9-12/h5-9,16H,3-4,10-11H2,1-2H3. The zero-order valence-corrected chi connectivity index (χ0v) is 10.1. The highest BCUT2D eigenvalue weighted by Crippen LogP contribution is 2.20. The summed E-state index contributed by atoms with van der Waals surface area (Å²) in [5.41, 5.74) is -0.192. The molecule has 1 atom stereocenters. The number of carbonyl (C=O) groups is 1. The van der Waals surface area contributed by atoms with Crippen molar-refractivity contribution in [3.8, 4) is 0 Å². The summed E-state index contributed by atoms with van der Waals surface area (Å²) in [4.78, 5) is 11.9. The zero-order chi connectivity index (χ0) is 12.0. The van der Waals surface area contributed by atoms with Crippen LogP contribution in [0.5, 0.6) is 0 Å². The molecule has 16 heavy (non-hydrogen) atoms. The Bertz CT molecular complexity index is 328. The lowest BCUT2D eigenvalue weighted by Gasteiger charge is -2.22. The number of Topliss-reactive ketones (excluding diaryl/α,β-unsaturated/α-hetero) is 1. The maximum Gasteiger partial charge on any atom is 0.165 e. The molecule has 0 heterocycles. The number of aliphatic hydroxyl groups is 1. The second-order valence-electron chi connectivity index (χ2n) is 4.57. The number of carbonyl (C=O) groups excluding carboxylic acids is 1. The molecule has 2 nitrogen and oxygen atoms in total. The first-order valence-electron chi connectivity index (χ1n) is 5.86. The topological polar surface area (TPSA) is 37.3 Å². The number of hydrogen-bond acceptors (Lipinski definition) is 2. The molecule has 0 spiro atoms. The van der Waals surface area contributed by atoms with E-state index in [0.717, 1.165) is 12.8 Å². The van der Waals surface area contributed by atoms with Crippen molar-refractivity contribution in [2.75, 3.05) is 0 Å². The van der Waals surface area contributed by atoms with Crippen LogP contribution in [0.2, 0.25) is 0 Å². The minimum atomic E-state index is -0.872. The third-order valence-corrected chi connectivity index (χ3v) is 2.71. The average molecular weight is 220 g/mol. The third kappa shape index (κ3) is 4.15. The highest BCUT2D eigenvalue weighted by Gasteiger charge is 2.23. The normalized spacial score (nSPS) is 14.4. The SMILES string of the molecule is CCCCC(C)(O)CC(=O)c1ccccc1. The second-order valence-corrected chi connectivity index (χ2v) is 4.57. The first-order chi connectivity index (χ1) is 7.55. The van der Waals surface area contributed by atoms with Gasteiger partial charge in [-0.05, 0) is 13.3 Å². The molecule has 0 bridgehead atoms. The van der Waals surface area contributed by atoms with Gasteiger partial charge in [-0.1, -0.05) is 50.1 Å². The summed E-state index contributed by atoms with van der Waals surface area (Å²) in [6.45, 7) is 3.82. The molecule has 0 radical (unpaired) electrons. The lowest BCUT2D eigenvalue weighted by molar-refractivity contribution is 0.0374. The van der Waals surface area contributed by atoms with E-state index in [1.165, 1.54) is 0 Å². The Labute approximate surface area is 97.3 Å². The number of benzene rings is 1. The summed E-state index contributed by atoms with van der Waals surface area (Å²) in [6, 6.07) is 9.14. The Morgan fingerprint density at radius 3 is 2.50 bits per heavy atom. The lowest BCUT2D eigenvalue weighted by atomic mass is 9.91. The smallest absolute Gasteiger partial charge is 0.165 e. The summed E-state index contributed by atoms with van der Waals surface area (Å²) >= 11 is 0. The van der Waals surface area contributed by atoms with E-state index in [1.807, 2.05) is 18.2 Å². The van der Waals surface area contributed by atoms with Gasteiger partial charge in [0.1, 0.15) is 0 Å². The van der Waals surface area contributed by atoms with Gasteiger partial charge in [-0.3, -0.25) is 4.79 Å². The molecule has 1 N–H and O–H groups in total. The van der Waals surface area contributed by atoms with Gasteiger partial charge in [-0.25, -0.2) is 0 Å². The van der Waals surface area contributed by atoms with Crippen LogP contribution in [0, 0.1) is 0 Å². The second kappa shape index (κ2) is 5.80. The van der Waals surface area contributed by atoms with Gasteiger partial charge in [0.05, 0.1) is 5.60 Å². The monoisotopic (exact) mass is 220 g/mol. The Kier molecular flexibility index (Phi) is 4.69. The largest absolute Gasteiger partial charge is 0.390 e. The molecule has 0 aliphatic carbocycles. The van der Waals surface area contributed by atoms with E-state index in [1.54, 1.807) is 19.1 Å². The van der Waals surface area contributed by atoms with Gasteiger partial charge >= 0.3 is 0 Å². The van der Waals surface area contributed by atoms with Crippen LogP contribution in [0.4, 0.5) is 0 Å². The molecule has 0 amide bonds. The van der Waals surface area contributed by atoms with Crippen LogP contribution >= 0.6 is 0 Å². The Morgan fingerprint density at radius 2 is 1.94 bits per heavy atom.